The van der Waals surface area contributed by atoms with Crippen LogP contribution in [-0.2, 0) is 21.4 Å². The van der Waals surface area contributed by atoms with E-state index in [0.29, 0.717) is 10.6 Å². The molecule has 0 saturated heterocycles. The first-order valence-corrected chi connectivity index (χ1v) is 11.9. The zero-order valence-corrected chi connectivity index (χ0v) is 19.8. The van der Waals surface area contributed by atoms with E-state index in [2.05, 4.69) is 0 Å². The Morgan fingerprint density at radius 1 is 1.03 bits per heavy atom. The molecule has 0 unspecified atom stereocenters. The van der Waals surface area contributed by atoms with E-state index in [1.165, 1.54) is 30.2 Å². The number of ether oxygens (including phenoxy) is 1. The van der Waals surface area contributed by atoms with E-state index < -0.39 is 15.9 Å². The van der Waals surface area contributed by atoms with Crippen molar-refractivity contribution in [2.24, 2.45) is 0 Å². The summed E-state index contributed by atoms with van der Waals surface area (Å²) < 4.78 is 48.4. The lowest BCUT2D eigenvalue weighted by atomic mass is 10.1. The summed E-state index contributed by atoms with van der Waals surface area (Å²) in [6.07, 6.45) is 0. The molecule has 3 aromatic carbocycles. The molecule has 0 spiro atoms. The molecule has 0 aliphatic carbocycles. The van der Waals surface area contributed by atoms with E-state index in [-0.39, 0.29) is 46.8 Å². The van der Waals surface area contributed by atoms with Crippen LogP contribution in [0.2, 0.25) is 10.0 Å². The molecule has 0 aliphatic heterocycles. The fourth-order valence-electron chi connectivity index (χ4n) is 2.98. The summed E-state index contributed by atoms with van der Waals surface area (Å²) >= 11 is 12.1. The number of rotatable bonds is 9. The molecule has 6 nitrogen and oxygen atoms in total. The van der Waals surface area contributed by atoms with E-state index in [1.54, 1.807) is 24.3 Å². The highest BCUT2D eigenvalue weighted by Gasteiger charge is 2.20. The standard InChI is InChI=1S/C23H20Cl2FNO5S/c1-31-12-11-27(23(28)21-10-5-17(24)14-22(21)25)15-16-3-2-4-19(13-16)32-33(29,30)20-8-6-18(26)7-9-20/h2-10,13-14H,11-12,15H2,1H3. The molecule has 0 bridgehead atoms. The molecular weight excluding hydrogens is 492 g/mol. The van der Waals surface area contributed by atoms with Gasteiger partial charge in [0, 0.05) is 25.2 Å². The average molecular weight is 512 g/mol. The molecule has 0 N–H and O–H groups in total. The van der Waals surface area contributed by atoms with Gasteiger partial charge in [0.05, 0.1) is 17.2 Å². The minimum absolute atomic E-state index is 0.0560. The number of nitrogens with zero attached hydrogens (tertiary/aromatic N) is 1. The van der Waals surface area contributed by atoms with Crippen molar-refractivity contribution < 1.29 is 26.5 Å². The number of amides is 1. The first kappa shape index (κ1) is 25.0. The average Bonchev–Trinajstić information content (AvgIpc) is 2.76. The second-order valence-corrected chi connectivity index (χ2v) is 9.37. The van der Waals surface area contributed by atoms with E-state index in [1.807, 2.05) is 0 Å². The largest absolute Gasteiger partial charge is 0.383 e. The molecule has 0 heterocycles. The number of methoxy groups -OCH3 is 1. The summed E-state index contributed by atoms with van der Waals surface area (Å²) in [5.41, 5.74) is 0.903. The van der Waals surface area contributed by atoms with E-state index in [0.717, 1.165) is 24.3 Å². The Balaban J connectivity index is 1.82. The molecule has 3 rings (SSSR count). The van der Waals surface area contributed by atoms with Gasteiger partial charge in [-0.25, -0.2) is 4.39 Å². The van der Waals surface area contributed by atoms with Crippen molar-refractivity contribution in [3.05, 3.63) is 93.7 Å². The molecular formula is C23H20Cl2FNO5S. The van der Waals surface area contributed by atoms with E-state index in [4.69, 9.17) is 32.1 Å². The molecule has 174 valence electrons. The number of hydrogen-bond donors (Lipinski definition) is 0. The molecule has 3 aromatic rings. The van der Waals surface area contributed by atoms with Crippen LogP contribution in [0.1, 0.15) is 15.9 Å². The summed E-state index contributed by atoms with van der Waals surface area (Å²) in [4.78, 5) is 14.4. The SMILES string of the molecule is COCCN(Cc1cccc(OS(=O)(=O)c2ccc(F)cc2)c1)C(=O)c1ccc(Cl)cc1Cl. The van der Waals surface area contributed by atoms with Crippen LogP contribution in [0.3, 0.4) is 0 Å². The van der Waals surface area contributed by atoms with Gasteiger partial charge in [0.25, 0.3) is 5.91 Å². The maximum Gasteiger partial charge on any atom is 0.339 e. The lowest BCUT2D eigenvalue weighted by molar-refractivity contribution is 0.0680. The third kappa shape index (κ3) is 6.68. The van der Waals surface area contributed by atoms with Crippen LogP contribution in [0.5, 0.6) is 5.75 Å². The molecule has 0 saturated carbocycles. The van der Waals surface area contributed by atoms with Gasteiger partial charge in [-0.2, -0.15) is 8.42 Å². The normalized spacial score (nSPS) is 11.3. The maximum atomic E-state index is 13.1. The van der Waals surface area contributed by atoms with Gasteiger partial charge in [-0.3, -0.25) is 4.79 Å². The summed E-state index contributed by atoms with van der Waals surface area (Å²) in [5, 5.41) is 0.629. The van der Waals surface area contributed by atoms with Gasteiger partial charge in [0.1, 0.15) is 16.5 Å². The fourth-order valence-corrected chi connectivity index (χ4v) is 4.39. The maximum absolute atomic E-state index is 13.1. The van der Waals surface area contributed by atoms with Crippen molar-refractivity contribution in [1.82, 2.24) is 4.90 Å². The van der Waals surface area contributed by atoms with Gasteiger partial charge >= 0.3 is 10.1 Å². The number of carbonyl (C=O) groups is 1. The summed E-state index contributed by atoms with van der Waals surface area (Å²) in [6, 6.07) is 15.2. The van der Waals surface area contributed by atoms with Crippen molar-refractivity contribution in [2.45, 2.75) is 11.4 Å². The summed E-state index contributed by atoms with van der Waals surface area (Å²) in [6.45, 7) is 0.703. The lowest BCUT2D eigenvalue weighted by Gasteiger charge is -2.23. The Morgan fingerprint density at radius 2 is 1.76 bits per heavy atom. The van der Waals surface area contributed by atoms with Crippen LogP contribution in [-0.4, -0.2) is 39.5 Å². The zero-order chi connectivity index (χ0) is 24.0. The van der Waals surface area contributed by atoms with Gasteiger partial charge in [-0.05, 0) is 60.2 Å². The molecule has 0 aromatic heterocycles. The third-order valence-corrected chi connectivity index (χ3v) is 6.40. The van der Waals surface area contributed by atoms with Crippen LogP contribution in [0.15, 0.2) is 71.6 Å². The quantitative estimate of drug-likeness (QED) is 0.369. The smallest absolute Gasteiger partial charge is 0.339 e. The number of benzene rings is 3. The van der Waals surface area contributed by atoms with Gasteiger partial charge in [-0.1, -0.05) is 35.3 Å². The fraction of sp³-hybridized carbons (Fsp3) is 0.174. The van der Waals surface area contributed by atoms with Crippen LogP contribution in [0.25, 0.3) is 0 Å². The zero-order valence-electron chi connectivity index (χ0n) is 17.5. The predicted octanol–water partition coefficient (Wildman–Crippen LogP) is 5.19. The van der Waals surface area contributed by atoms with Crippen molar-refractivity contribution in [3.63, 3.8) is 0 Å². The first-order chi connectivity index (χ1) is 15.7. The highest BCUT2D eigenvalue weighted by Crippen LogP contribution is 2.24. The Morgan fingerprint density at radius 3 is 2.42 bits per heavy atom. The van der Waals surface area contributed by atoms with Crippen molar-refractivity contribution in [3.8, 4) is 5.75 Å². The molecule has 0 fully saturated rings. The first-order valence-electron chi connectivity index (χ1n) is 9.72. The molecule has 0 atom stereocenters. The Hall–Kier alpha value is -2.65. The minimum Gasteiger partial charge on any atom is -0.383 e. The summed E-state index contributed by atoms with van der Waals surface area (Å²) in [5.74, 6) is -0.836. The molecule has 0 aliphatic rings. The minimum atomic E-state index is -4.16. The topological polar surface area (TPSA) is 72.9 Å². The van der Waals surface area contributed by atoms with Crippen LogP contribution in [0, 0.1) is 5.82 Å². The van der Waals surface area contributed by atoms with Crippen molar-refractivity contribution in [1.29, 1.82) is 0 Å². The van der Waals surface area contributed by atoms with Crippen LogP contribution in [0.4, 0.5) is 4.39 Å². The highest BCUT2D eigenvalue weighted by molar-refractivity contribution is 7.87. The molecule has 10 heteroatoms. The Kier molecular flexibility index (Phi) is 8.31. The van der Waals surface area contributed by atoms with Crippen molar-refractivity contribution in [2.75, 3.05) is 20.3 Å². The van der Waals surface area contributed by atoms with E-state index >= 15 is 0 Å². The van der Waals surface area contributed by atoms with E-state index in [9.17, 15) is 17.6 Å². The Bertz CT molecular complexity index is 1240. The van der Waals surface area contributed by atoms with Crippen molar-refractivity contribution >= 4 is 39.2 Å². The number of halogens is 3. The lowest BCUT2D eigenvalue weighted by Crippen LogP contribution is -2.33. The van der Waals surface area contributed by atoms with Gasteiger partial charge in [-0.15, -0.1) is 0 Å². The van der Waals surface area contributed by atoms with Crippen LogP contribution < -0.4 is 4.18 Å². The van der Waals surface area contributed by atoms with Gasteiger partial charge < -0.3 is 13.8 Å². The molecule has 1 amide bonds. The summed E-state index contributed by atoms with van der Waals surface area (Å²) in [7, 11) is -2.64. The van der Waals surface area contributed by atoms with Crippen LogP contribution >= 0.6 is 23.2 Å². The number of carbonyl (C=O) groups excluding carboxylic acids is 1. The highest BCUT2D eigenvalue weighted by atomic mass is 35.5. The second kappa shape index (κ2) is 11.0. The third-order valence-electron chi connectivity index (χ3n) is 4.59. The Labute approximate surface area is 201 Å². The predicted molar refractivity (Wildman–Crippen MR) is 124 cm³/mol. The van der Waals surface area contributed by atoms with Gasteiger partial charge in [0.2, 0.25) is 0 Å². The van der Waals surface area contributed by atoms with Gasteiger partial charge in [0.15, 0.2) is 0 Å². The second-order valence-electron chi connectivity index (χ2n) is 6.98. The molecule has 33 heavy (non-hydrogen) atoms. The molecule has 0 radical (unpaired) electrons. The monoisotopic (exact) mass is 511 g/mol. The number of hydrogen-bond acceptors (Lipinski definition) is 5.